The third kappa shape index (κ3) is 4.91. The van der Waals surface area contributed by atoms with Crippen LogP contribution in [0.1, 0.15) is 67.6 Å². The molecule has 238 valence electrons. The smallest absolute Gasteiger partial charge is 0.281 e. The summed E-state index contributed by atoms with van der Waals surface area (Å²) in [6.07, 6.45) is 6.79. The van der Waals surface area contributed by atoms with Crippen LogP contribution < -0.4 is 9.80 Å². The molecule has 3 saturated heterocycles. The highest BCUT2D eigenvalue weighted by atomic mass is 19.3. The van der Waals surface area contributed by atoms with Gasteiger partial charge in [-0.1, -0.05) is 18.7 Å². The summed E-state index contributed by atoms with van der Waals surface area (Å²) in [5.41, 5.74) is 2.68. The van der Waals surface area contributed by atoms with Gasteiger partial charge in [0.05, 0.1) is 42.7 Å². The third-order valence-corrected chi connectivity index (χ3v) is 10.6. The topological polar surface area (TPSA) is 93.8 Å². The normalized spacial score (nSPS) is 29.5. The molecule has 5 unspecified atom stereocenters. The maximum atomic E-state index is 14.6. The number of pyridine rings is 1. The van der Waals surface area contributed by atoms with E-state index in [1.165, 1.54) is 6.08 Å². The van der Waals surface area contributed by atoms with Gasteiger partial charge in [0.2, 0.25) is 5.91 Å². The number of piperidine rings is 1. The summed E-state index contributed by atoms with van der Waals surface area (Å²) in [5, 5.41) is 13.9. The zero-order valence-corrected chi connectivity index (χ0v) is 25.9. The highest BCUT2D eigenvalue weighted by molar-refractivity contribution is 5.87. The lowest BCUT2D eigenvalue weighted by molar-refractivity contribution is -0.128. The Bertz CT molecular complexity index is 1560. The molecule has 45 heavy (non-hydrogen) atoms. The molecule has 0 aliphatic carbocycles. The average molecular weight is 619 g/mol. The van der Waals surface area contributed by atoms with Crippen LogP contribution in [0.2, 0.25) is 0 Å². The SMILES string of the molecule is C=CC(=O)N1CCN(C2CN3c4cc(N5CCC6(CC5C)OCC(CC#N)n5ncc(C)c56)nc(C(F)F)c4C=CCC23)CC1. The van der Waals surface area contributed by atoms with Crippen LogP contribution in [0, 0.1) is 18.3 Å². The molecule has 3 fully saturated rings. The van der Waals surface area contributed by atoms with Crippen LogP contribution >= 0.6 is 0 Å². The maximum Gasteiger partial charge on any atom is 0.281 e. The van der Waals surface area contributed by atoms with Gasteiger partial charge < -0.3 is 19.4 Å². The Morgan fingerprint density at radius 2 is 2.04 bits per heavy atom. The minimum Gasteiger partial charge on any atom is -0.366 e. The Hall–Kier alpha value is -3.82. The highest BCUT2D eigenvalue weighted by Gasteiger charge is 2.49. The van der Waals surface area contributed by atoms with Crippen LogP contribution in [-0.4, -0.2) is 94.5 Å². The van der Waals surface area contributed by atoms with Gasteiger partial charge in [-0.05, 0) is 38.3 Å². The van der Waals surface area contributed by atoms with E-state index in [-0.39, 0.29) is 29.7 Å². The highest BCUT2D eigenvalue weighted by Crippen LogP contribution is 2.47. The number of carbonyl (C=O) groups excluding carboxylic acids is 1. The van der Waals surface area contributed by atoms with E-state index in [4.69, 9.17) is 4.74 Å². The van der Waals surface area contributed by atoms with Crippen molar-refractivity contribution in [3.63, 3.8) is 0 Å². The molecular weight excluding hydrogens is 578 g/mol. The lowest BCUT2D eigenvalue weighted by Crippen LogP contribution is -2.69. The van der Waals surface area contributed by atoms with Gasteiger partial charge in [0.15, 0.2) is 0 Å². The summed E-state index contributed by atoms with van der Waals surface area (Å²) >= 11 is 0. The lowest BCUT2D eigenvalue weighted by Gasteiger charge is -2.55. The second kappa shape index (κ2) is 11.5. The number of nitrogens with zero attached hydrogens (tertiary/aromatic N) is 8. The number of rotatable bonds is 5. The molecule has 5 aliphatic rings. The molecule has 7 heterocycles. The largest absolute Gasteiger partial charge is 0.366 e. The first-order valence-electron chi connectivity index (χ1n) is 16.0. The van der Waals surface area contributed by atoms with Gasteiger partial charge in [-0.25, -0.2) is 13.8 Å². The van der Waals surface area contributed by atoms with E-state index in [0.717, 1.165) is 43.0 Å². The van der Waals surface area contributed by atoms with Gasteiger partial charge in [0.1, 0.15) is 17.1 Å². The molecule has 0 aromatic carbocycles. The number of fused-ring (bicyclic) bond motifs is 5. The van der Waals surface area contributed by atoms with Crippen molar-refractivity contribution < 1.29 is 18.3 Å². The van der Waals surface area contributed by atoms with E-state index < -0.39 is 12.0 Å². The third-order valence-electron chi connectivity index (χ3n) is 10.6. The lowest BCUT2D eigenvalue weighted by atomic mass is 9.81. The number of alkyl halides is 2. The Morgan fingerprint density at radius 1 is 1.24 bits per heavy atom. The molecule has 0 radical (unpaired) electrons. The summed E-state index contributed by atoms with van der Waals surface area (Å²) in [6, 6.07) is 4.59. The van der Waals surface area contributed by atoms with Crippen molar-refractivity contribution in [1.29, 1.82) is 5.26 Å². The van der Waals surface area contributed by atoms with E-state index in [2.05, 4.69) is 44.4 Å². The van der Waals surface area contributed by atoms with E-state index in [0.29, 0.717) is 62.9 Å². The zero-order chi connectivity index (χ0) is 31.5. The van der Waals surface area contributed by atoms with E-state index in [9.17, 15) is 18.8 Å². The molecule has 10 nitrogen and oxygen atoms in total. The van der Waals surface area contributed by atoms with Gasteiger partial charge in [-0.2, -0.15) is 10.4 Å². The first kappa shape index (κ1) is 29.9. The average Bonchev–Trinajstić information content (AvgIpc) is 3.37. The van der Waals surface area contributed by atoms with Gasteiger partial charge in [0, 0.05) is 75.4 Å². The molecule has 12 heteroatoms. The number of nitriles is 1. The van der Waals surface area contributed by atoms with Crippen molar-refractivity contribution in [3.8, 4) is 6.07 Å². The number of anilines is 2. The van der Waals surface area contributed by atoms with Crippen molar-refractivity contribution in [2.45, 2.75) is 75.7 Å². The van der Waals surface area contributed by atoms with Gasteiger partial charge >= 0.3 is 0 Å². The van der Waals surface area contributed by atoms with Crippen LogP contribution in [-0.2, 0) is 15.1 Å². The molecular formula is C33H40F2N8O2. The van der Waals surface area contributed by atoms with Crippen LogP contribution in [0.4, 0.5) is 20.3 Å². The molecule has 0 bridgehead atoms. The predicted molar refractivity (Wildman–Crippen MR) is 166 cm³/mol. The first-order chi connectivity index (χ1) is 21.7. The molecule has 5 atom stereocenters. The summed E-state index contributed by atoms with van der Waals surface area (Å²) in [5.74, 6) is 0.538. The van der Waals surface area contributed by atoms with Crippen molar-refractivity contribution in [2.75, 3.05) is 55.7 Å². The van der Waals surface area contributed by atoms with Crippen molar-refractivity contribution >= 4 is 23.5 Å². The quantitative estimate of drug-likeness (QED) is 0.461. The van der Waals surface area contributed by atoms with Crippen LogP contribution in [0.3, 0.4) is 0 Å². The number of hydrogen-bond acceptors (Lipinski definition) is 8. The number of aromatic nitrogens is 3. The minimum absolute atomic E-state index is 0.0269. The number of amides is 1. The van der Waals surface area contributed by atoms with Gasteiger partial charge in [-0.3, -0.25) is 14.4 Å². The summed E-state index contributed by atoms with van der Waals surface area (Å²) < 4.78 is 37.7. The number of piperazine rings is 1. The Morgan fingerprint density at radius 3 is 2.76 bits per heavy atom. The van der Waals surface area contributed by atoms with E-state index in [1.807, 2.05) is 40.9 Å². The minimum atomic E-state index is -2.70. The first-order valence-corrected chi connectivity index (χ1v) is 16.0. The van der Waals surface area contributed by atoms with Gasteiger partial charge in [0.25, 0.3) is 6.43 Å². The second-order valence-corrected chi connectivity index (χ2v) is 13.0. The molecule has 2 aromatic rings. The number of ether oxygens (including phenoxy) is 1. The van der Waals surface area contributed by atoms with E-state index in [1.54, 1.807) is 0 Å². The van der Waals surface area contributed by atoms with Crippen molar-refractivity contribution in [3.05, 3.63) is 53.5 Å². The van der Waals surface area contributed by atoms with Crippen LogP contribution in [0.25, 0.3) is 6.08 Å². The number of halogens is 2. The second-order valence-electron chi connectivity index (χ2n) is 13.0. The summed E-state index contributed by atoms with van der Waals surface area (Å²) in [7, 11) is 0. The van der Waals surface area contributed by atoms with E-state index >= 15 is 0 Å². The summed E-state index contributed by atoms with van der Waals surface area (Å²) in [4.78, 5) is 25.4. The number of carbonyl (C=O) groups is 1. The van der Waals surface area contributed by atoms with Crippen molar-refractivity contribution in [1.82, 2.24) is 24.6 Å². The zero-order valence-electron chi connectivity index (χ0n) is 25.9. The molecule has 0 N–H and O–H groups in total. The molecule has 1 amide bonds. The fourth-order valence-electron chi connectivity index (χ4n) is 8.28. The monoisotopic (exact) mass is 618 g/mol. The van der Waals surface area contributed by atoms with Crippen LogP contribution in [0.5, 0.6) is 0 Å². The molecule has 2 aromatic heterocycles. The summed E-state index contributed by atoms with van der Waals surface area (Å²) in [6.45, 7) is 12.4. The van der Waals surface area contributed by atoms with Crippen LogP contribution in [0.15, 0.2) is 31.0 Å². The Balaban J connectivity index is 1.13. The van der Waals surface area contributed by atoms with Crippen molar-refractivity contribution in [2.24, 2.45) is 0 Å². The fourth-order valence-corrected chi connectivity index (χ4v) is 8.28. The Kier molecular flexibility index (Phi) is 7.64. The number of hydrogen-bond donors (Lipinski definition) is 0. The Labute approximate surface area is 262 Å². The molecule has 7 rings (SSSR count). The maximum absolute atomic E-state index is 14.6. The molecule has 1 spiro atoms. The van der Waals surface area contributed by atoms with Gasteiger partial charge in [-0.15, -0.1) is 0 Å². The standard InChI is InChI=1S/C33H40F2N8O2/c1-4-29(44)40-14-12-39(13-15-40)27-19-42-25(27)7-5-6-24-26(42)16-28(38-30(24)32(34)35)41-11-9-33(17-22(41)3)31-21(2)18-37-43(31)23(8-10-36)20-45-33/h4-6,16,18,22-23,25,27,32H,1,7-9,11-15,17,19-20H2,2-3H3. The number of aryl methyl sites for hydroxylation is 1. The molecule has 0 saturated carbocycles. The fraction of sp³-hybridized carbons (Fsp3) is 0.576. The predicted octanol–water partition coefficient (Wildman–Crippen LogP) is 4.20. The molecule has 5 aliphatic heterocycles.